The van der Waals surface area contributed by atoms with E-state index in [1.807, 2.05) is 0 Å². The van der Waals surface area contributed by atoms with Crippen LogP contribution in [0, 0.1) is 0 Å². The molecule has 6 heteroatoms. The molecule has 2 heterocycles. The third-order valence-corrected chi connectivity index (χ3v) is 3.79. The topological polar surface area (TPSA) is 60.5 Å². The van der Waals surface area contributed by atoms with Crippen LogP contribution >= 0.6 is 11.6 Å². The highest BCUT2D eigenvalue weighted by molar-refractivity contribution is 6.33. The number of rotatable bonds is 2. The zero-order chi connectivity index (χ0) is 14.3. The maximum Gasteiger partial charge on any atom is 0.199 e. The number of hydrogen-bond donors (Lipinski definition) is 1. The number of pyridine rings is 1. The molecule has 0 unspecified atom stereocenters. The van der Waals surface area contributed by atoms with Gasteiger partial charge in [0.25, 0.3) is 0 Å². The summed E-state index contributed by atoms with van der Waals surface area (Å²) in [6.07, 6.45) is 0.675. The molecule has 1 aromatic heterocycles. The summed E-state index contributed by atoms with van der Waals surface area (Å²) in [5, 5.41) is 0.750. The van der Waals surface area contributed by atoms with Crippen LogP contribution in [0.15, 0.2) is 10.9 Å². The van der Waals surface area contributed by atoms with E-state index < -0.39 is 0 Å². The lowest BCUT2D eigenvalue weighted by Crippen LogP contribution is -2.22. The summed E-state index contributed by atoms with van der Waals surface area (Å²) in [6.45, 7) is 0.903. The van der Waals surface area contributed by atoms with Gasteiger partial charge in [0.2, 0.25) is 0 Å². The van der Waals surface area contributed by atoms with Gasteiger partial charge in [-0.15, -0.1) is 0 Å². The SMILES string of the molecule is COc1cc(Cl)c(OC)c2c(=O)c3c([nH]c12)CCOC3. The lowest BCUT2D eigenvalue weighted by molar-refractivity contribution is 0.108. The van der Waals surface area contributed by atoms with Crippen LogP contribution < -0.4 is 14.9 Å². The minimum absolute atomic E-state index is 0.119. The first-order chi connectivity index (χ1) is 9.67. The number of halogens is 1. The van der Waals surface area contributed by atoms with Gasteiger partial charge in [-0.2, -0.15) is 0 Å². The molecule has 0 bridgehead atoms. The van der Waals surface area contributed by atoms with Crippen molar-refractivity contribution in [2.75, 3.05) is 20.8 Å². The molecule has 0 radical (unpaired) electrons. The molecule has 2 aromatic rings. The van der Waals surface area contributed by atoms with Gasteiger partial charge in [-0.1, -0.05) is 11.6 Å². The van der Waals surface area contributed by atoms with E-state index in [2.05, 4.69) is 4.98 Å². The Bertz CT molecular complexity index is 738. The van der Waals surface area contributed by atoms with Crippen molar-refractivity contribution in [1.82, 2.24) is 4.98 Å². The van der Waals surface area contributed by atoms with Crippen LogP contribution in [0.4, 0.5) is 0 Å². The molecule has 0 fully saturated rings. The Morgan fingerprint density at radius 2 is 2.15 bits per heavy atom. The number of benzene rings is 1. The molecule has 0 saturated carbocycles. The highest BCUT2D eigenvalue weighted by Crippen LogP contribution is 2.37. The zero-order valence-electron chi connectivity index (χ0n) is 11.2. The summed E-state index contributed by atoms with van der Waals surface area (Å²) in [5.74, 6) is 0.884. The van der Waals surface area contributed by atoms with Crippen molar-refractivity contribution in [1.29, 1.82) is 0 Å². The van der Waals surface area contributed by atoms with Crippen molar-refractivity contribution >= 4 is 22.5 Å². The molecule has 1 aliphatic heterocycles. The van der Waals surface area contributed by atoms with Crippen molar-refractivity contribution in [3.8, 4) is 11.5 Å². The molecule has 20 heavy (non-hydrogen) atoms. The quantitative estimate of drug-likeness (QED) is 0.923. The maximum atomic E-state index is 12.7. The van der Waals surface area contributed by atoms with Crippen molar-refractivity contribution in [2.24, 2.45) is 0 Å². The second-order valence-electron chi connectivity index (χ2n) is 4.56. The Morgan fingerprint density at radius 1 is 1.35 bits per heavy atom. The fourth-order valence-electron chi connectivity index (χ4n) is 2.54. The third kappa shape index (κ3) is 1.85. The van der Waals surface area contributed by atoms with Crippen LogP contribution in [0.3, 0.4) is 0 Å². The van der Waals surface area contributed by atoms with E-state index in [-0.39, 0.29) is 5.43 Å². The number of aromatic nitrogens is 1. The van der Waals surface area contributed by atoms with Crippen LogP contribution in [0.1, 0.15) is 11.3 Å². The van der Waals surface area contributed by atoms with Crippen LogP contribution in [0.2, 0.25) is 5.02 Å². The lowest BCUT2D eigenvalue weighted by Gasteiger charge is -2.19. The molecule has 0 saturated heterocycles. The first-order valence-electron chi connectivity index (χ1n) is 6.23. The second-order valence-corrected chi connectivity index (χ2v) is 4.96. The van der Waals surface area contributed by atoms with Crippen molar-refractivity contribution in [2.45, 2.75) is 13.0 Å². The first-order valence-corrected chi connectivity index (χ1v) is 6.61. The number of fused-ring (bicyclic) bond motifs is 2. The first kappa shape index (κ1) is 13.3. The Labute approximate surface area is 120 Å². The summed E-state index contributed by atoms with van der Waals surface area (Å²) in [4.78, 5) is 15.9. The molecule has 1 aliphatic rings. The van der Waals surface area contributed by atoms with Gasteiger partial charge in [-0.05, 0) is 0 Å². The second kappa shape index (κ2) is 5.00. The minimum atomic E-state index is -0.119. The summed E-state index contributed by atoms with van der Waals surface area (Å²) in [5.41, 5.74) is 2.01. The fraction of sp³-hybridized carbons (Fsp3) is 0.357. The molecule has 0 spiro atoms. The molecule has 0 amide bonds. The Morgan fingerprint density at radius 3 is 2.85 bits per heavy atom. The van der Waals surface area contributed by atoms with E-state index in [1.165, 1.54) is 7.11 Å². The molecule has 106 valence electrons. The van der Waals surface area contributed by atoms with Crippen LogP contribution in [0.5, 0.6) is 11.5 Å². The number of ether oxygens (including phenoxy) is 3. The van der Waals surface area contributed by atoms with Gasteiger partial charge in [-0.25, -0.2) is 0 Å². The van der Waals surface area contributed by atoms with E-state index in [0.717, 1.165) is 5.69 Å². The molecule has 1 N–H and O–H groups in total. The summed E-state index contributed by atoms with van der Waals surface area (Å²) < 4.78 is 16.0. The van der Waals surface area contributed by atoms with Gasteiger partial charge in [0, 0.05) is 23.7 Å². The largest absolute Gasteiger partial charge is 0.494 e. The Kier molecular flexibility index (Phi) is 3.31. The zero-order valence-corrected chi connectivity index (χ0v) is 12.0. The van der Waals surface area contributed by atoms with Gasteiger partial charge < -0.3 is 19.2 Å². The van der Waals surface area contributed by atoms with Gasteiger partial charge in [0.1, 0.15) is 5.75 Å². The average molecular weight is 296 g/mol. The number of methoxy groups -OCH3 is 2. The smallest absolute Gasteiger partial charge is 0.199 e. The lowest BCUT2D eigenvalue weighted by atomic mass is 10.0. The molecular weight excluding hydrogens is 282 g/mol. The van der Waals surface area contributed by atoms with Gasteiger partial charge in [-0.3, -0.25) is 4.79 Å². The maximum absolute atomic E-state index is 12.7. The Balaban J connectivity index is 2.47. The molecule has 3 rings (SSSR count). The van der Waals surface area contributed by atoms with Gasteiger partial charge >= 0.3 is 0 Å². The molecule has 0 atom stereocenters. The number of H-pyrrole nitrogens is 1. The van der Waals surface area contributed by atoms with Gasteiger partial charge in [0.05, 0.1) is 43.4 Å². The highest BCUT2D eigenvalue weighted by Gasteiger charge is 2.22. The number of aromatic amines is 1. The Hall–Kier alpha value is -1.72. The van der Waals surface area contributed by atoms with E-state index in [0.29, 0.717) is 52.6 Å². The van der Waals surface area contributed by atoms with E-state index in [9.17, 15) is 4.79 Å². The molecule has 1 aromatic carbocycles. The normalized spacial score (nSPS) is 14.2. The van der Waals surface area contributed by atoms with Crippen LogP contribution in [-0.2, 0) is 17.8 Å². The van der Waals surface area contributed by atoms with E-state index in [1.54, 1.807) is 13.2 Å². The molecular formula is C14H14ClNO4. The summed E-state index contributed by atoms with van der Waals surface area (Å²) >= 11 is 6.15. The van der Waals surface area contributed by atoms with Crippen LogP contribution in [-0.4, -0.2) is 25.8 Å². The number of hydrogen-bond acceptors (Lipinski definition) is 4. The van der Waals surface area contributed by atoms with Crippen molar-refractivity contribution in [3.05, 3.63) is 32.6 Å². The fourth-order valence-corrected chi connectivity index (χ4v) is 2.81. The minimum Gasteiger partial charge on any atom is -0.494 e. The summed E-state index contributed by atoms with van der Waals surface area (Å²) in [6, 6.07) is 1.64. The van der Waals surface area contributed by atoms with Crippen LogP contribution in [0.25, 0.3) is 10.9 Å². The highest BCUT2D eigenvalue weighted by atomic mass is 35.5. The van der Waals surface area contributed by atoms with E-state index in [4.69, 9.17) is 25.8 Å². The molecule has 0 aliphatic carbocycles. The predicted molar refractivity (Wildman–Crippen MR) is 76.0 cm³/mol. The average Bonchev–Trinajstić information content (AvgIpc) is 2.47. The third-order valence-electron chi connectivity index (χ3n) is 3.51. The van der Waals surface area contributed by atoms with E-state index >= 15 is 0 Å². The molecule has 5 nitrogen and oxygen atoms in total. The van der Waals surface area contributed by atoms with Crippen molar-refractivity contribution < 1.29 is 14.2 Å². The standard InChI is InChI=1S/C14H14ClNO4/c1-18-10-5-8(15)14(19-2)11-12(10)16-9-3-4-20-6-7(9)13(11)17/h5H,3-4,6H2,1-2H3,(H,16,17). The monoisotopic (exact) mass is 295 g/mol. The van der Waals surface area contributed by atoms with Gasteiger partial charge in [0.15, 0.2) is 11.2 Å². The number of nitrogens with one attached hydrogen (secondary N) is 1. The predicted octanol–water partition coefficient (Wildman–Crippen LogP) is 2.27. The van der Waals surface area contributed by atoms with Crippen molar-refractivity contribution in [3.63, 3.8) is 0 Å². The summed E-state index contributed by atoms with van der Waals surface area (Å²) in [7, 11) is 3.03.